The molecule has 3 nitrogen and oxygen atoms in total. The number of hydrogen-bond acceptors (Lipinski definition) is 2. The van der Waals surface area contributed by atoms with Crippen molar-refractivity contribution in [2.45, 2.75) is 52.6 Å². The van der Waals surface area contributed by atoms with Gasteiger partial charge in [-0.3, -0.25) is 4.57 Å². The first kappa shape index (κ1) is 27.4. The fourth-order valence-corrected chi connectivity index (χ4v) is 8.84. The van der Waals surface area contributed by atoms with E-state index in [9.17, 15) is 0 Å². The maximum atomic E-state index is 7.04. The number of imidazole rings is 1. The molecule has 0 N–H and O–H groups in total. The molecule has 0 aliphatic carbocycles. The van der Waals surface area contributed by atoms with Gasteiger partial charge in [0.2, 0.25) is 0 Å². The quantitative estimate of drug-likeness (QED) is 0.190. The third kappa shape index (κ3) is 4.52. The monoisotopic (exact) mass is 578 g/mol. The first-order valence-corrected chi connectivity index (χ1v) is 18.3. The molecule has 2 heterocycles. The molecular weight excluding hydrogens is 541 g/mol. The number of hydrogen-bond donors (Lipinski definition) is 0. The lowest BCUT2D eigenvalue weighted by molar-refractivity contribution is 0.564. The Bertz CT molecular complexity index is 1960. The summed E-state index contributed by atoms with van der Waals surface area (Å²) in [6, 6.07) is 39.4. The van der Waals surface area contributed by atoms with E-state index in [-0.39, 0.29) is 0 Å². The van der Waals surface area contributed by atoms with Gasteiger partial charge in [-0.05, 0) is 88.3 Å². The fraction of sp³-hybridized carbons (Fsp3) is 0.205. The number of aromatic nitrogens is 2. The topological polar surface area (TPSA) is 27.1 Å². The molecule has 0 saturated heterocycles. The van der Waals surface area contributed by atoms with Crippen LogP contribution in [-0.2, 0) is 0 Å². The zero-order valence-electron chi connectivity index (χ0n) is 25.8. The average Bonchev–Trinajstić information content (AvgIpc) is 3.39. The average molecular weight is 579 g/mol. The van der Waals surface area contributed by atoms with Crippen LogP contribution >= 0.6 is 0 Å². The van der Waals surface area contributed by atoms with E-state index in [1.807, 2.05) is 0 Å². The second-order valence-electron chi connectivity index (χ2n) is 12.8. The molecule has 0 radical (unpaired) electrons. The van der Waals surface area contributed by atoms with Gasteiger partial charge in [-0.25, -0.2) is 4.98 Å². The Morgan fingerprint density at radius 1 is 0.628 bits per heavy atom. The molecule has 4 heteroatoms. The van der Waals surface area contributed by atoms with Crippen LogP contribution in [0.1, 0.15) is 50.7 Å². The SMILES string of the molecule is CC(C)c1cc(-c2ccccc2)cc(C(C)C)c1-n1c(-c2cccc3c2O[Si](C)(C)c2ccccc2-3)nc2ccccc21. The van der Waals surface area contributed by atoms with Crippen LogP contribution in [0.4, 0.5) is 0 Å². The van der Waals surface area contributed by atoms with Gasteiger partial charge in [0.05, 0.1) is 22.3 Å². The van der Waals surface area contributed by atoms with Crippen molar-refractivity contribution in [3.05, 3.63) is 120 Å². The van der Waals surface area contributed by atoms with Crippen molar-refractivity contribution in [1.82, 2.24) is 9.55 Å². The molecule has 0 spiro atoms. The molecule has 214 valence electrons. The third-order valence-electron chi connectivity index (χ3n) is 8.78. The van der Waals surface area contributed by atoms with Gasteiger partial charge >= 0.3 is 0 Å². The minimum Gasteiger partial charge on any atom is -0.539 e. The largest absolute Gasteiger partial charge is 0.539 e. The van der Waals surface area contributed by atoms with Crippen LogP contribution in [0.2, 0.25) is 13.1 Å². The van der Waals surface area contributed by atoms with E-state index in [1.54, 1.807) is 0 Å². The van der Waals surface area contributed by atoms with Crippen LogP contribution < -0.4 is 9.61 Å². The van der Waals surface area contributed by atoms with Gasteiger partial charge < -0.3 is 4.43 Å². The van der Waals surface area contributed by atoms with Gasteiger partial charge in [0.15, 0.2) is 0 Å². The predicted octanol–water partition coefficient (Wildman–Crippen LogP) is 10.1. The minimum absolute atomic E-state index is 0.310. The molecule has 1 aliphatic heterocycles. The van der Waals surface area contributed by atoms with E-state index in [4.69, 9.17) is 9.41 Å². The first-order chi connectivity index (χ1) is 20.7. The third-order valence-corrected chi connectivity index (χ3v) is 11.2. The minimum atomic E-state index is -2.20. The van der Waals surface area contributed by atoms with Gasteiger partial charge in [0.25, 0.3) is 8.32 Å². The van der Waals surface area contributed by atoms with Crippen molar-refractivity contribution in [1.29, 1.82) is 0 Å². The maximum absolute atomic E-state index is 7.04. The Hall–Kier alpha value is -4.41. The molecule has 0 amide bonds. The molecule has 0 saturated carbocycles. The van der Waals surface area contributed by atoms with E-state index >= 15 is 0 Å². The summed E-state index contributed by atoms with van der Waals surface area (Å²) in [6.45, 7) is 13.8. The van der Waals surface area contributed by atoms with Gasteiger partial charge in [-0.2, -0.15) is 0 Å². The predicted molar refractivity (Wildman–Crippen MR) is 183 cm³/mol. The summed E-state index contributed by atoms with van der Waals surface area (Å²) in [4.78, 5) is 5.35. The lowest BCUT2D eigenvalue weighted by Crippen LogP contribution is -2.50. The zero-order chi connectivity index (χ0) is 29.9. The molecule has 0 atom stereocenters. The van der Waals surface area contributed by atoms with Crippen LogP contribution in [0, 0.1) is 0 Å². The molecule has 0 fully saturated rings. The van der Waals surface area contributed by atoms with Crippen molar-refractivity contribution in [2.24, 2.45) is 0 Å². The van der Waals surface area contributed by atoms with Gasteiger partial charge in [-0.15, -0.1) is 0 Å². The summed E-state index contributed by atoms with van der Waals surface area (Å²) < 4.78 is 9.46. The normalized spacial score (nSPS) is 13.7. The fourth-order valence-electron chi connectivity index (χ4n) is 6.64. The van der Waals surface area contributed by atoms with E-state index in [1.165, 1.54) is 38.7 Å². The van der Waals surface area contributed by atoms with E-state index in [2.05, 4.69) is 155 Å². The lowest BCUT2D eigenvalue weighted by Gasteiger charge is -2.34. The molecule has 1 aromatic heterocycles. The molecular formula is C39H38N2OSi. The summed E-state index contributed by atoms with van der Waals surface area (Å²) in [6.07, 6.45) is 0. The smallest absolute Gasteiger partial charge is 0.277 e. The highest BCUT2D eigenvalue weighted by atomic mass is 28.4. The van der Waals surface area contributed by atoms with E-state index < -0.39 is 8.32 Å². The standard InChI is InChI=1S/C39H38N2OSi/c1-25(2)32-23-28(27-15-8-7-9-16-27)24-33(26(3)4)37(32)41-35-21-12-11-20-34(35)40-39(41)31-19-14-18-30-29-17-10-13-22-36(29)43(5,6)42-38(30)31/h7-26H,1-6H3. The van der Waals surface area contributed by atoms with Gasteiger partial charge in [0, 0.05) is 5.56 Å². The first-order valence-electron chi connectivity index (χ1n) is 15.4. The Kier molecular flexibility index (Phi) is 6.63. The summed E-state index contributed by atoms with van der Waals surface area (Å²) in [5, 5.41) is 1.34. The van der Waals surface area contributed by atoms with E-state index in [0.717, 1.165) is 33.7 Å². The molecule has 5 aromatic carbocycles. The Morgan fingerprint density at radius 3 is 1.95 bits per heavy atom. The molecule has 7 rings (SSSR count). The lowest BCUT2D eigenvalue weighted by atomic mass is 9.88. The highest BCUT2D eigenvalue weighted by molar-refractivity contribution is 6.86. The highest BCUT2D eigenvalue weighted by Gasteiger charge is 2.37. The molecule has 43 heavy (non-hydrogen) atoms. The maximum Gasteiger partial charge on any atom is 0.277 e. The summed E-state index contributed by atoms with van der Waals surface area (Å²) >= 11 is 0. The summed E-state index contributed by atoms with van der Waals surface area (Å²) in [7, 11) is -2.20. The van der Waals surface area contributed by atoms with E-state index in [0.29, 0.717) is 11.8 Å². The molecule has 6 aromatic rings. The number of nitrogens with zero attached hydrogens (tertiary/aromatic N) is 2. The Labute approximate surface area is 256 Å². The Morgan fingerprint density at radius 2 is 1.23 bits per heavy atom. The van der Waals surface area contributed by atoms with Crippen molar-refractivity contribution in [3.63, 3.8) is 0 Å². The summed E-state index contributed by atoms with van der Waals surface area (Å²) in [5.74, 6) is 2.50. The highest BCUT2D eigenvalue weighted by Crippen LogP contribution is 2.46. The van der Waals surface area contributed by atoms with Crippen LogP contribution in [0.15, 0.2) is 109 Å². The summed E-state index contributed by atoms with van der Waals surface area (Å²) in [5.41, 5.74) is 11.9. The molecule has 0 bridgehead atoms. The van der Waals surface area contributed by atoms with Crippen molar-refractivity contribution >= 4 is 24.5 Å². The number of fused-ring (bicyclic) bond motifs is 4. The molecule has 0 unspecified atom stereocenters. The second kappa shape index (κ2) is 10.4. The van der Waals surface area contributed by atoms with Gasteiger partial charge in [0.1, 0.15) is 11.6 Å². The van der Waals surface area contributed by atoms with Crippen molar-refractivity contribution in [3.8, 4) is 45.1 Å². The second-order valence-corrected chi connectivity index (χ2v) is 16.5. The van der Waals surface area contributed by atoms with Crippen LogP contribution in [0.5, 0.6) is 5.75 Å². The number of para-hydroxylation sites is 3. The van der Waals surface area contributed by atoms with Crippen molar-refractivity contribution in [2.75, 3.05) is 0 Å². The zero-order valence-corrected chi connectivity index (χ0v) is 26.8. The van der Waals surface area contributed by atoms with Crippen LogP contribution in [0.25, 0.3) is 50.4 Å². The molecule has 1 aliphatic rings. The van der Waals surface area contributed by atoms with Gasteiger partial charge in [-0.1, -0.05) is 107 Å². The Balaban J connectivity index is 1.56. The van der Waals surface area contributed by atoms with Crippen LogP contribution in [0.3, 0.4) is 0 Å². The van der Waals surface area contributed by atoms with Crippen LogP contribution in [-0.4, -0.2) is 17.9 Å². The van der Waals surface area contributed by atoms with Crippen molar-refractivity contribution < 1.29 is 4.43 Å². The number of benzene rings is 5. The number of rotatable bonds is 5.